The minimum Gasteiger partial charge on any atom is -0.477 e. The predicted molar refractivity (Wildman–Crippen MR) is 253 cm³/mol. The number of carboxylic acid groups (broad SMARTS) is 1. The third kappa shape index (κ3) is 11.2. The van der Waals surface area contributed by atoms with Crippen molar-refractivity contribution < 1.29 is 78.1 Å². The molecule has 4 saturated heterocycles. The van der Waals surface area contributed by atoms with Gasteiger partial charge in [0.25, 0.3) is 0 Å². The zero-order valence-corrected chi connectivity index (χ0v) is 40.4. The maximum Gasteiger partial charge on any atom is 0.341 e. The van der Waals surface area contributed by atoms with E-state index in [-0.39, 0.29) is 49.7 Å². The second-order valence-corrected chi connectivity index (χ2v) is 20.0. The number of pyridine rings is 1. The predicted octanol–water partition coefficient (Wildman–Crippen LogP) is -6.77. The van der Waals surface area contributed by atoms with E-state index < -0.39 is 134 Å². The first-order chi connectivity index (χ1) is 35.4. The number of nitrogens with zero attached hydrogens (tertiary/aromatic N) is 6. The average Bonchev–Trinajstić information content (AvgIpc) is 4.07. The van der Waals surface area contributed by atoms with E-state index in [1.54, 1.807) is 21.5 Å². The fourth-order valence-electron chi connectivity index (χ4n) is 10.4. The van der Waals surface area contributed by atoms with Gasteiger partial charge in [-0.3, -0.25) is 14.4 Å². The summed E-state index contributed by atoms with van der Waals surface area (Å²) in [6.07, 6.45) is -15.8. The van der Waals surface area contributed by atoms with Gasteiger partial charge >= 0.3 is 5.97 Å². The van der Waals surface area contributed by atoms with Crippen molar-refractivity contribution in [2.24, 2.45) is 34.4 Å². The molecule has 6 aliphatic rings. The molecule has 0 spiro atoms. The molecule has 19 N–H and O–H groups in total. The summed E-state index contributed by atoms with van der Waals surface area (Å²) in [5.74, 6) is -1.95. The number of fused-ring (bicyclic) bond motifs is 1. The minimum atomic E-state index is -1.66. The summed E-state index contributed by atoms with van der Waals surface area (Å²) in [7, 11) is 0. The molecule has 2 aromatic heterocycles. The third-order valence-electron chi connectivity index (χ3n) is 14.9. The maximum absolute atomic E-state index is 15.6. The largest absolute Gasteiger partial charge is 0.477 e. The van der Waals surface area contributed by atoms with Gasteiger partial charge in [-0.1, -0.05) is 5.21 Å². The van der Waals surface area contributed by atoms with Gasteiger partial charge in [0.2, 0.25) is 5.43 Å². The van der Waals surface area contributed by atoms with Gasteiger partial charge in [-0.05, 0) is 31.4 Å². The highest BCUT2D eigenvalue weighted by Crippen LogP contribution is 2.39. The van der Waals surface area contributed by atoms with Gasteiger partial charge in [0, 0.05) is 75.5 Å². The van der Waals surface area contributed by atoms with Gasteiger partial charge in [-0.15, -0.1) is 5.10 Å². The van der Waals surface area contributed by atoms with Crippen LogP contribution in [0.2, 0.25) is 0 Å². The number of hydrogen-bond acceptors (Lipinski definition) is 25. The smallest absolute Gasteiger partial charge is 0.341 e. The number of nitrogens with two attached hydrogens (primary N) is 6. The number of halogens is 1. The number of benzene rings is 1. The molecule has 4 aliphatic heterocycles. The number of piperazine rings is 1. The fraction of sp³-hybridized carbons (Fsp3) is 0.733. The molecule has 74 heavy (non-hydrogen) atoms. The summed E-state index contributed by atoms with van der Waals surface area (Å²) in [5, 5.41) is 83.6. The topological polar surface area (TPSA) is 439 Å². The lowest BCUT2D eigenvalue weighted by Gasteiger charge is -2.47. The second kappa shape index (κ2) is 22.9. The number of aliphatic hydroxyl groups excluding tert-OH is 6. The van der Waals surface area contributed by atoms with Crippen LogP contribution in [0.15, 0.2) is 29.3 Å². The van der Waals surface area contributed by atoms with E-state index in [1.807, 2.05) is 4.90 Å². The lowest BCUT2D eigenvalue weighted by atomic mass is 9.84. The van der Waals surface area contributed by atoms with Crippen molar-refractivity contribution in [2.45, 2.75) is 155 Å². The lowest BCUT2D eigenvalue weighted by Crippen LogP contribution is -2.68. The summed E-state index contributed by atoms with van der Waals surface area (Å²) >= 11 is 0. The minimum absolute atomic E-state index is 0.0388. The van der Waals surface area contributed by atoms with Gasteiger partial charge in [-0.2, -0.15) is 0 Å². The molecule has 0 amide bonds. The molecule has 6 fully saturated rings. The molecule has 19 atom stereocenters. The van der Waals surface area contributed by atoms with Gasteiger partial charge in [0.05, 0.1) is 55.3 Å². The molecule has 2 aliphatic carbocycles. The highest BCUT2D eigenvalue weighted by atomic mass is 19.1. The van der Waals surface area contributed by atoms with E-state index in [0.717, 1.165) is 18.9 Å². The normalized spacial score (nSPS) is 38.2. The van der Waals surface area contributed by atoms with E-state index in [0.29, 0.717) is 56.2 Å². The number of anilines is 1. The Labute approximate surface area is 422 Å². The SMILES string of the molecule is NC[C@@H]1O[C@H](O[C@@H]2[C@@H](COCc3cn(CCN4CCN(c5cc6c(cc5F)c(=O)c(C(=O)O)cn6C5CC5)CC4)nn3)OC(O[C@@H]3[C@@H](O)[C@H](N)C[C@H](N)[C@H]3O[C@H]3O[C@H](CN)[C@@H](O)[C@H](O)[C@H]3N)[C@@H]2O)[C@H](N)[C@@H](O)[C@@H]1O. The van der Waals surface area contributed by atoms with Crippen molar-refractivity contribution in [3.63, 3.8) is 0 Å². The van der Waals surface area contributed by atoms with E-state index in [1.165, 1.54) is 6.20 Å². The molecular formula is C45H69FN12O16. The van der Waals surface area contributed by atoms with Crippen molar-refractivity contribution in [1.82, 2.24) is 24.5 Å². The Balaban J connectivity index is 0.825. The Bertz CT molecular complexity index is 2470. The highest BCUT2D eigenvalue weighted by Gasteiger charge is 2.54. The third-order valence-corrected chi connectivity index (χ3v) is 14.9. The molecule has 2 saturated carbocycles. The zero-order chi connectivity index (χ0) is 52.9. The molecule has 1 unspecified atom stereocenters. The second-order valence-electron chi connectivity index (χ2n) is 20.0. The standard InChI is InChI=1S/C45H69FN12O16/c46-22-9-20-25(58(19-1-2-19)15-21(32(20)59)42(66)67)11-26(22)56-6-3-55(4-7-56)5-8-57-14-18(53-54-57)16-68-17-29-40(73-44-31(52)37(64)35(62)28(13-48)70-44)38(65)45(71-29)74-41-33(60)23(49)10-24(50)39(41)72-43-30(51)36(63)34(61)27(12-47)69-43/h9,11,14-15,19,23-24,27-31,33-41,43-45,60-65H,1-8,10,12-13,16-17,47-52H2,(H,66,67)/t23-,24+,27-,28+,29-,30-,31-,33+,34-,35-,36-,37-,38-,39-,40-,41-,43-,44-,45?/m1/s1. The average molecular weight is 1050 g/mol. The Morgan fingerprint density at radius 1 is 0.730 bits per heavy atom. The Morgan fingerprint density at radius 2 is 1.34 bits per heavy atom. The molecule has 6 heterocycles. The number of carbonyl (C=O) groups is 1. The van der Waals surface area contributed by atoms with Gasteiger partial charge in [0.1, 0.15) is 84.2 Å². The first-order valence-electron chi connectivity index (χ1n) is 24.9. The number of carboxylic acids is 1. The monoisotopic (exact) mass is 1050 g/mol. The maximum atomic E-state index is 15.6. The quantitative estimate of drug-likeness (QED) is 0.0563. The van der Waals surface area contributed by atoms with Gasteiger partial charge < -0.3 is 113 Å². The van der Waals surface area contributed by atoms with Crippen LogP contribution in [0.1, 0.15) is 41.4 Å². The first kappa shape index (κ1) is 54.7. The van der Waals surface area contributed by atoms with Gasteiger partial charge in [-0.25, -0.2) is 9.18 Å². The van der Waals surface area contributed by atoms with Crippen LogP contribution in [0.4, 0.5) is 10.1 Å². The van der Waals surface area contributed by atoms with E-state index in [4.69, 9.17) is 67.6 Å². The number of ether oxygens (including phenoxy) is 7. The van der Waals surface area contributed by atoms with Crippen molar-refractivity contribution in [2.75, 3.05) is 57.3 Å². The highest BCUT2D eigenvalue weighted by molar-refractivity contribution is 5.93. The number of hydrogen-bond donors (Lipinski definition) is 13. The number of aromatic nitrogens is 4. The summed E-state index contributed by atoms with van der Waals surface area (Å²) in [6.45, 7) is 2.49. The molecular weight excluding hydrogens is 984 g/mol. The Kier molecular flexibility index (Phi) is 16.9. The molecule has 29 heteroatoms. The van der Waals surface area contributed by atoms with Crippen LogP contribution >= 0.6 is 0 Å². The van der Waals surface area contributed by atoms with E-state index in [2.05, 4.69) is 15.2 Å². The van der Waals surface area contributed by atoms with Crippen molar-refractivity contribution in [3.8, 4) is 0 Å². The van der Waals surface area contributed by atoms with Crippen molar-refractivity contribution in [1.29, 1.82) is 0 Å². The summed E-state index contributed by atoms with van der Waals surface area (Å²) in [4.78, 5) is 28.9. The summed E-state index contributed by atoms with van der Waals surface area (Å²) in [6, 6.07) is -1.58. The molecule has 9 rings (SSSR count). The number of aromatic carboxylic acids is 1. The zero-order valence-electron chi connectivity index (χ0n) is 40.4. The number of rotatable bonds is 18. The number of aliphatic hydroxyl groups is 6. The Morgan fingerprint density at radius 3 is 1.95 bits per heavy atom. The van der Waals surface area contributed by atoms with Crippen LogP contribution in [0, 0.1) is 5.82 Å². The molecule has 3 aromatic rings. The summed E-state index contributed by atoms with van der Waals surface area (Å²) < 4.78 is 61.4. The lowest BCUT2D eigenvalue weighted by molar-refractivity contribution is -0.307. The van der Waals surface area contributed by atoms with Crippen LogP contribution in [-0.2, 0) is 46.3 Å². The molecule has 0 radical (unpaired) electrons. The fourth-order valence-corrected chi connectivity index (χ4v) is 10.4. The van der Waals surface area contributed by atoms with Crippen LogP contribution in [0.25, 0.3) is 10.9 Å². The van der Waals surface area contributed by atoms with Crippen molar-refractivity contribution >= 4 is 22.6 Å². The van der Waals surface area contributed by atoms with E-state index >= 15 is 4.39 Å². The molecule has 1 aromatic carbocycles. The molecule has 28 nitrogen and oxygen atoms in total. The van der Waals surface area contributed by atoms with Crippen LogP contribution in [-0.4, -0.2) is 235 Å². The summed E-state index contributed by atoms with van der Waals surface area (Å²) in [5.41, 5.74) is 36.9. The Hall–Kier alpha value is -4.03. The molecule has 412 valence electrons. The first-order valence-corrected chi connectivity index (χ1v) is 24.9. The molecule has 0 bridgehead atoms. The van der Waals surface area contributed by atoms with Crippen LogP contribution in [0.5, 0.6) is 0 Å². The van der Waals surface area contributed by atoms with Crippen molar-refractivity contribution in [3.05, 3.63) is 51.8 Å². The van der Waals surface area contributed by atoms with Crippen LogP contribution < -0.4 is 44.7 Å². The van der Waals surface area contributed by atoms with Gasteiger partial charge in [0.15, 0.2) is 18.9 Å². The van der Waals surface area contributed by atoms with E-state index in [9.17, 15) is 45.3 Å². The van der Waals surface area contributed by atoms with Crippen LogP contribution in [0.3, 0.4) is 0 Å².